The van der Waals surface area contributed by atoms with Crippen LogP contribution in [0.3, 0.4) is 0 Å². The number of hydrogen-bond acceptors (Lipinski definition) is 3. The molecule has 0 radical (unpaired) electrons. The van der Waals surface area contributed by atoms with Gasteiger partial charge in [0.1, 0.15) is 4.90 Å². The number of halogens is 4. The first-order chi connectivity index (χ1) is 9.73. The first-order valence-electron chi connectivity index (χ1n) is 6.30. The Labute approximate surface area is 125 Å². The van der Waals surface area contributed by atoms with Crippen molar-refractivity contribution in [3.05, 3.63) is 28.8 Å². The molecule has 1 fully saturated rings. The molecule has 21 heavy (non-hydrogen) atoms. The minimum atomic E-state index is -4.62. The number of hydrogen-bond donors (Lipinski definition) is 1. The van der Waals surface area contributed by atoms with Gasteiger partial charge in [0, 0.05) is 19.6 Å². The Bertz CT molecular complexity index is 611. The molecule has 0 spiro atoms. The summed E-state index contributed by atoms with van der Waals surface area (Å²) in [7, 11) is -4.04. The third-order valence-electron chi connectivity index (χ3n) is 3.18. The van der Waals surface area contributed by atoms with Gasteiger partial charge in [-0.25, -0.2) is 8.42 Å². The Morgan fingerprint density at radius 1 is 1.19 bits per heavy atom. The van der Waals surface area contributed by atoms with E-state index in [0.717, 1.165) is 16.4 Å². The maximum atomic E-state index is 12.7. The highest BCUT2D eigenvalue weighted by Crippen LogP contribution is 2.34. The van der Waals surface area contributed by atoms with Crippen molar-refractivity contribution in [2.75, 3.05) is 26.2 Å². The molecule has 1 saturated heterocycles. The van der Waals surface area contributed by atoms with Gasteiger partial charge in [-0.2, -0.15) is 17.5 Å². The summed E-state index contributed by atoms with van der Waals surface area (Å²) >= 11 is 5.80. The van der Waals surface area contributed by atoms with Crippen LogP contribution < -0.4 is 5.32 Å². The molecule has 1 heterocycles. The van der Waals surface area contributed by atoms with Gasteiger partial charge in [0.2, 0.25) is 10.0 Å². The molecule has 0 saturated carbocycles. The van der Waals surface area contributed by atoms with Crippen molar-refractivity contribution in [1.29, 1.82) is 0 Å². The van der Waals surface area contributed by atoms with E-state index in [-0.39, 0.29) is 18.1 Å². The zero-order chi connectivity index (χ0) is 15.7. The maximum Gasteiger partial charge on any atom is 0.416 e. The minimum Gasteiger partial charge on any atom is -0.315 e. The van der Waals surface area contributed by atoms with Crippen LogP contribution in [0.2, 0.25) is 5.02 Å². The molecule has 118 valence electrons. The standard InChI is InChI=1S/C12H14ClF3N2O2S/c13-10-3-2-9(12(14,15)16)8-11(10)21(19,20)18-6-1-4-17-5-7-18/h2-3,8,17H,1,4-7H2. The van der Waals surface area contributed by atoms with Crippen molar-refractivity contribution < 1.29 is 21.6 Å². The van der Waals surface area contributed by atoms with Crippen LogP contribution in [0.5, 0.6) is 0 Å². The van der Waals surface area contributed by atoms with E-state index in [9.17, 15) is 21.6 Å². The Kier molecular flexibility index (Phi) is 4.82. The van der Waals surface area contributed by atoms with Crippen LogP contribution in [0, 0.1) is 0 Å². The van der Waals surface area contributed by atoms with Crippen molar-refractivity contribution in [3.8, 4) is 0 Å². The molecule has 1 aromatic rings. The van der Waals surface area contributed by atoms with Crippen LogP contribution in [0.15, 0.2) is 23.1 Å². The summed E-state index contributed by atoms with van der Waals surface area (Å²) in [5.41, 5.74) is -1.03. The maximum absolute atomic E-state index is 12.7. The van der Waals surface area contributed by atoms with Gasteiger partial charge in [-0.15, -0.1) is 0 Å². The average Bonchev–Trinajstić information content (AvgIpc) is 2.66. The van der Waals surface area contributed by atoms with Crippen LogP contribution in [0.4, 0.5) is 13.2 Å². The van der Waals surface area contributed by atoms with Gasteiger partial charge in [-0.3, -0.25) is 0 Å². The summed E-state index contributed by atoms with van der Waals surface area (Å²) in [5, 5.41) is 2.82. The smallest absolute Gasteiger partial charge is 0.315 e. The second-order valence-electron chi connectivity index (χ2n) is 4.65. The van der Waals surface area contributed by atoms with Crippen LogP contribution in [0.25, 0.3) is 0 Å². The first-order valence-corrected chi connectivity index (χ1v) is 8.12. The lowest BCUT2D eigenvalue weighted by atomic mass is 10.2. The fourth-order valence-corrected chi connectivity index (χ4v) is 4.06. The number of alkyl halides is 3. The SMILES string of the molecule is O=S(=O)(c1cc(C(F)(F)F)ccc1Cl)N1CCCNCC1. The van der Waals surface area contributed by atoms with Gasteiger partial charge in [0.15, 0.2) is 0 Å². The molecule has 1 aliphatic rings. The van der Waals surface area contributed by atoms with Crippen molar-refractivity contribution in [3.63, 3.8) is 0 Å². The Balaban J connectivity index is 2.43. The predicted molar refractivity (Wildman–Crippen MR) is 72.7 cm³/mol. The molecule has 0 atom stereocenters. The molecule has 1 aliphatic heterocycles. The zero-order valence-corrected chi connectivity index (χ0v) is 12.5. The third-order valence-corrected chi connectivity index (χ3v) is 5.56. The van der Waals surface area contributed by atoms with Crippen LogP contribution in [-0.2, 0) is 16.2 Å². The van der Waals surface area contributed by atoms with Crippen LogP contribution in [0.1, 0.15) is 12.0 Å². The largest absolute Gasteiger partial charge is 0.416 e. The molecule has 0 amide bonds. The quantitative estimate of drug-likeness (QED) is 0.897. The average molecular weight is 343 g/mol. The zero-order valence-electron chi connectivity index (χ0n) is 11.0. The fourth-order valence-electron chi connectivity index (χ4n) is 2.08. The Morgan fingerprint density at radius 3 is 2.57 bits per heavy atom. The van der Waals surface area contributed by atoms with Crippen LogP contribution >= 0.6 is 11.6 Å². The van der Waals surface area contributed by atoms with Crippen molar-refractivity contribution in [2.24, 2.45) is 0 Å². The monoisotopic (exact) mass is 342 g/mol. The number of sulfonamides is 1. The van der Waals surface area contributed by atoms with Gasteiger partial charge >= 0.3 is 6.18 Å². The second-order valence-corrected chi connectivity index (χ2v) is 6.96. The lowest BCUT2D eigenvalue weighted by molar-refractivity contribution is -0.137. The van der Waals surface area contributed by atoms with E-state index >= 15 is 0 Å². The molecule has 1 N–H and O–H groups in total. The van der Waals surface area contributed by atoms with Gasteiger partial charge in [-0.05, 0) is 31.2 Å². The van der Waals surface area contributed by atoms with E-state index in [2.05, 4.69) is 5.32 Å². The molecular weight excluding hydrogens is 329 g/mol. The minimum absolute atomic E-state index is 0.203. The molecule has 0 bridgehead atoms. The van der Waals surface area contributed by atoms with Crippen LogP contribution in [-0.4, -0.2) is 38.9 Å². The summed E-state index contributed by atoms with van der Waals surface area (Å²) in [6, 6.07) is 2.33. The van der Waals surface area contributed by atoms with Gasteiger partial charge in [0.05, 0.1) is 10.6 Å². The lowest BCUT2D eigenvalue weighted by Crippen LogP contribution is -2.34. The first kappa shape index (κ1) is 16.5. The normalized spacial score (nSPS) is 18.5. The summed E-state index contributed by atoms with van der Waals surface area (Å²) in [5.74, 6) is 0. The molecule has 0 unspecified atom stereocenters. The van der Waals surface area contributed by atoms with Crippen molar-refractivity contribution in [2.45, 2.75) is 17.5 Å². The summed E-state index contributed by atoms with van der Waals surface area (Å²) in [4.78, 5) is -0.499. The molecule has 1 aromatic carbocycles. The topological polar surface area (TPSA) is 49.4 Å². The van der Waals surface area contributed by atoms with E-state index in [1.54, 1.807) is 0 Å². The van der Waals surface area contributed by atoms with Gasteiger partial charge in [-0.1, -0.05) is 11.6 Å². The number of nitrogens with one attached hydrogen (secondary N) is 1. The molecule has 2 rings (SSSR count). The van der Waals surface area contributed by atoms with E-state index in [4.69, 9.17) is 11.6 Å². The lowest BCUT2D eigenvalue weighted by Gasteiger charge is -2.21. The summed E-state index contributed by atoms with van der Waals surface area (Å²) in [6.07, 6.45) is -4.02. The van der Waals surface area contributed by atoms with Crippen molar-refractivity contribution >= 4 is 21.6 Å². The second kappa shape index (κ2) is 6.12. The fraction of sp³-hybridized carbons (Fsp3) is 0.500. The van der Waals surface area contributed by atoms with Crippen molar-refractivity contribution in [1.82, 2.24) is 9.62 Å². The molecule has 0 aliphatic carbocycles. The number of nitrogens with zero attached hydrogens (tertiary/aromatic N) is 1. The molecular formula is C12H14ClF3N2O2S. The number of rotatable bonds is 2. The van der Waals surface area contributed by atoms with Gasteiger partial charge in [0.25, 0.3) is 0 Å². The third kappa shape index (κ3) is 3.68. The van der Waals surface area contributed by atoms with E-state index in [0.29, 0.717) is 25.6 Å². The van der Waals surface area contributed by atoms with E-state index in [1.165, 1.54) is 0 Å². The predicted octanol–water partition coefficient (Wildman–Crippen LogP) is 2.34. The van der Waals surface area contributed by atoms with Gasteiger partial charge < -0.3 is 5.32 Å². The molecule has 9 heteroatoms. The Morgan fingerprint density at radius 2 is 1.90 bits per heavy atom. The highest BCUT2D eigenvalue weighted by molar-refractivity contribution is 7.89. The summed E-state index contributed by atoms with van der Waals surface area (Å²) in [6.45, 7) is 1.58. The highest BCUT2D eigenvalue weighted by Gasteiger charge is 2.34. The number of benzene rings is 1. The molecule has 0 aromatic heterocycles. The Hall–Kier alpha value is -0.830. The van der Waals surface area contributed by atoms with E-state index in [1.807, 2.05) is 0 Å². The summed E-state index contributed by atoms with van der Waals surface area (Å²) < 4.78 is 64.3. The highest BCUT2D eigenvalue weighted by atomic mass is 35.5. The van der Waals surface area contributed by atoms with E-state index < -0.39 is 26.7 Å². The molecule has 4 nitrogen and oxygen atoms in total.